The van der Waals surface area contributed by atoms with Gasteiger partial charge < -0.3 is 14.5 Å². The van der Waals surface area contributed by atoms with E-state index in [0.717, 1.165) is 41.5 Å². The zero-order valence-electron chi connectivity index (χ0n) is 11.8. The molecule has 0 spiro atoms. The van der Waals surface area contributed by atoms with E-state index < -0.39 is 0 Å². The number of furan rings is 1. The molecule has 0 aliphatic rings. The quantitative estimate of drug-likeness (QED) is 0.861. The lowest BCUT2D eigenvalue weighted by atomic mass is 10.2. The van der Waals surface area contributed by atoms with Crippen molar-refractivity contribution in [2.45, 2.75) is 33.9 Å². The average Bonchev–Trinajstić information content (AvgIpc) is 2.76. The minimum absolute atomic E-state index is 0.548. The molecule has 3 heteroatoms. The van der Waals surface area contributed by atoms with Gasteiger partial charge in [0.15, 0.2) is 0 Å². The third-order valence-corrected chi connectivity index (χ3v) is 3.10. The first kappa shape index (κ1) is 13.7. The molecule has 0 radical (unpaired) electrons. The maximum Gasteiger partial charge on any atom is 0.122 e. The van der Waals surface area contributed by atoms with Gasteiger partial charge in [-0.15, -0.1) is 0 Å². The summed E-state index contributed by atoms with van der Waals surface area (Å²) in [4.78, 5) is 0. The molecular weight excluding hydrogens is 238 g/mol. The zero-order valence-corrected chi connectivity index (χ0v) is 11.8. The van der Waals surface area contributed by atoms with E-state index in [2.05, 4.69) is 18.3 Å². The molecule has 0 aliphatic carbocycles. The van der Waals surface area contributed by atoms with Gasteiger partial charge in [-0.05, 0) is 38.1 Å². The summed E-state index contributed by atoms with van der Waals surface area (Å²) in [5.41, 5.74) is 2.26. The Morgan fingerprint density at radius 2 is 2.00 bits per heavy atom. The highest BCUT2D eigenvalue weighted by Gasteiger charge is 2.08. The van der Waals surface area contributed by atoms with Crippen molar-refractivity contribution >= 4 is 0 Å². The van der Waals surface area contributed by atoms with Gasteiger partial charge >= 0.3 is 0 Å². The second kappa shape index (κ2) is 6.43. The number of para-hydroxylation sites is 1. The number of nitrogens with one attached hydrogen (secondary N) is 1. The van der Waals surface area contributed by atoms with Gasteiger partial charge in [0.05, 0.1) is 6.54 Å². The number of hydrogen-bond acceptors (Lipinski definition) is 3. The molecule has 1 aromatic heterocycles. The molecule has 0 fully saturated rings. The van der Waals surface area contributed by atoms with Crippen LogP contribution in [0.1, 0.15) is 29.6 Å². The maximum absolute atomic E-state index is 5.84. The van der Waals surface area contributed by atoms with Crippen LogP contribution in [0.2, 0.25) is 0 Å². The summed E-state index contributed by atoms with van der Waals surface area (Å²) >= 11 is 0. The lowest BCUT2D eigenvalue weighted by Gasteiger charge is -2.07. The minimum Gasteiger partial charge on any atom is -0.489 e. The van der Waals surface area contributed by atoms with Gasteiger partial charge in [-0.2, -0.15) is 0 Å². The molecule has 2 aromatic rings. The summed E-state index contributed by atoms with van der Waals surface area (Å²) in [6.07, 6.45) is 0. The fraction of sp³-hybridized carbons (Fsp3) is 0.375. The Labute approximate surface area is 114 Å². The predicted molar refractivity (Wildman–Crippen MR) is 76.3 cm³/mol. The van der Waals surface area contributed by atoms with Crippen LogP contribution in [-0.2, 0) is 13.2 Å². The van der Waals surface area contributed by atoms with Gasteiger partial charge in [0.2, 0.25) is 0 Å². The van der Waals surface area contributed by atoms with E-state index in [0.29, 0.717) is 6.61 Å². The number of aryl methyl sites for hydroxylation is 2. The van der Waals surface area contributed by atoms with E-state index in [4.69, 9.17) is 9.15 Å². The third-order valence-electron chi connectivity index (χ3n) is 3.10. The van der Waals surface area contributed by atoms with Crippen LogP contribution >= 0.6 is 0 Å². The molecule has 0 saturated carbocycles. The molecule has 0 unspecified atom stereocenters. The zero-order chi connectivity index (χ0) is 13.7. The number of rotatable bonds is 6. The molecule has 1 N–H and O–H groups in total. The maximum atomic E-state index is 5.84. The third kappa shape index (κ3) is 3.61. The summed E-state index contributed by atoms with van der Waals surface area (Å²) in [5, 5.41) is 3.25. The molecule has 1 heterocycles. The number of benzene rings is 1. The van der Waals surface area contributed by atoms with E-state index in [9.17, 15) is 0 Å². The molecule has 0 aliphatic heterocycles. The normalized spacial score (nSPS) is 10.7. The molecule has 3 nitrogen and oxygen atoms in total. The Morgan fingerprint density at radius 3 is 2.74 bits per heavy atom. The first-order valence-electron chi connectivity index (χ1n) is 6.68. The first-order chi connectivity index (χ1) is 9.20. The predicted octanol–water partition coefficient (Wildman–Crippen LogP) is 3.58. The molecule has 102 valence electrons. The van der Waals surface area contributed by atoms with E-state index in [1.165, 1.54) is 0 Å². The fourth-order valence-corrected chi connectivity index (χ4v) is 1.94. The highest BCUT2D eigenvalue weighted by atomic mass is 16.5. The van der Waals surface area contributed by atoms with E-state index in [1.807, 2.05) is 38.1 Å². The van der Waals surface area contributed by atoms with Crippen molar-refractivity contribution in [1.82, 2.24) is 5.32 Å². The first-order valence-corrected chi connectivity index (χ1v) is 6.68. The topological polar surface area (TPSA) is 34.4 Å². The van der Waals surface area contributed by atoms with E-state index in [1.54, 1.807) is 0 Å². The van der Waals surface area contributed by atoms with Gasteiger partial charge in [-0.1, -0.05) is 25.1 Å². The van der Waals surface area contributed by atoms with E-state index >= 15 is 0 Å². The second-order valence-corrected chi connectivity index (χ2v) is 4.63. The smallest absolute Gasteiger partial charge is 0.122 e. The van der Waals surface area contributed by atoms with E-state index in [-0.39, 0.29) is 0 Å². The van der Waals surface area contributed by atoms with Gasteiger partial charge in [-0.25, -0.2) is 0 Å². The molecule has 0 saturated heterocycles. The Kier molecular flexibility index (Phi) is 4.63. The van der Waals surface area contributed by atoms with Crippen molar-refractivity contribution in [2.24, 2.45) is 0 Å². The molecule has 0 bridgehead atoms. The van der Waals surface area contributed by atoms with Crippen molar-refractivity contribution in [3.63, 3.8) is 0 Å². The van der Waals surface area contributed by atoms with Crippen LogP contribution in [0.4, 0.5) is 0 Å². The van der Waals surface area contributed by atoms with Crippen molar-refractivity contribution in [2.75, 3.05) is 6.54 Å². The van der Waals surface area contributed by atoms with Crippen molar-refractivity contribution in [3.8, 4) is 5.75 Å². The lowest BCUT2D eigenvalue weighted by Crippen LogP contribution is -2.10. The Morgan fingerprint density at radius 1 is 1.21 bits per heavy atom. The molecule has 0 amide bonds. The Balaban J connectivity index is 1.99. The number of hydrogen-bond donors (Lipinski definition) is 1. The van der Waals surface area contributed by atoms with Crippen molar-refractivity contribution in [3.05, 3.63) is 53.0 Å². The van der Waals surface area contributed by atoms with Crippen LogP contribution in [-0.4, -0.2) is 6.54 Å². The minimum atomic E-state index is 0.548. The monoisotopic (exact) mass is 259 g/mol. The van der Waals surface area contributed by atoms with Crippen LogP contribution in [0.3, 0.4) is 0 Å². The van der Waals surface area contributed by atoms with Crippen LogP contribution in [0, 0.1) is 13.8 Å². The van der Waals surface area contributed by atoms with Gasteiger partial charge in [0.1, 0.15) is 23.9 Å². The highest BCUT2D eigenvalue weighted by molar-refractivity contribution is 5.32. The number of ether oxygens (including phenoxy) is 1. The van der Waals surface area contributed by atoms with Gasteiger partial charge in [0.25, 0.3) is 0 Å². The standard InChI is InChI=1S/C16H21NO2/c1-4-17-10-15-9-14(13(3)19-15)11-18-16-8-6-5-7-12(16)2/h5-9,17H,4,10-11H2,1-3H3. The largest absolute Gasteiger partial charge is 0.489 e. The summed E-state index contributed by atoms with van der Waals surface area (Å²) < 4.78 is 11.5. The molecule has 1 aromatic carbocycles. The SMILES string of the molecule is CCNCc1cc(COc2ccccc2C)c(C)o1. The summed E-state index contributed by atoms with van der Waals surface area (Å²) in [7, 11) is 0. The van der Waals surface area contributed by atoms with Crippen LogP contribution in [0.25, 0.3) is 0 Å². The average molecular weight is 259 g/mol. The van der Waals surface area contributed by atoms with Crippen LogP contribution < -0.4 is 10.1 Å². The highest BCUT2D eigenvalue weighted by Crippen LogP contribution is 2.20. The molecule has 19 heavy (non-hydrogen) atoms. The second-order valence-electron chi connectivity index (χ2n) is 4.63. The fourth-order valence-electron chi connectivity index (χ4n) is 1.94. The summed E-state index contributed by atoms with van der Waals surface area (Å²) in [6.45, 7) is 8.36. The Bertz CT molecular complexity index is 531. The lowest BCUT2D eigenvalue weighted by molar-refractivity contribution is 0.301. The van der Waals surface area contributed by atoms with Crippen LogP contribution in [0.15, 0.2) is 34.7 Å². The molecule has 0 atom stereocenters. The van der Waals surface area contributed by atoms with Crippen molar-refractivity contribution in [1.29, 1.82) is 0 Å². The molecular formula is C16H21NO2. The van der Waals surface area contributed by atoms with Crippen LogP contribution in [0.5, 0.6) is 5.75 Å². The van der Waals surface area contributed by atoms with Gasteiger partial charge in [-0.3, -0.25) is 0 Å². The molecule has 2 rings (SSSR count). The van der Waals surface area contributed by atoms with Gasteiger partial charge in [0, 0.05) is 5.56 Å². The summed E-state index contributed by atoms with van der Waals surface area (Å²) in [5.74, 6) is 2.82. The summed E-state index contributed by atoms with van der Waals surface area (Å²) in [6, 6.07) is 10.1. The van der Waals surface area contributed by atoms with Crippen molar-refractivity contribution < 1.29 is 9.15 Å². The Hall–Kier alpha value is -1.74.